The Kier molecular flexibility index (Phi) is 2.45. The van der Waals surface area contributed by atoms with Crippen LogP contribution in [0.1, 0.15) is 24.8 Å². The highest BCUT2D eigenvalue weighted by Crippen LogP contribution is 2.05. The lowest BCUT2D eigenvalue weighted by atomic mass is 10.2. The van der Waals surface area contributed by atoms with Gasteiger partial charge < -0.3 is 9.63 Å². The molecular weight excluding hydrogens is 130 g/mol. The van der Waals surface area contributed by atoms with E-state index in [4.69, 9.17) is 9.63 Å². The van der Waals surface area contributed by atoms with Crippen LogP contribution in [-0.4, -0.2) is 10.3 Å². The van der Waals surface area contributed by atoms with Gasteiger partial charge in [0.2, 0.25) is 0 Å². The van der Waals surface area contributed by atoms with Gasteiger partial charge in [-0.15, -0.1) is 0 Å². The predicted molar refractivity (Wildman–Crippen MR) is 36.4 cm³/mol. The van der Waals surface area contributed by atoms with Crippen LogP contribution in [0.15, 0.2) is 10.6 Å². The zero-order valence-electron chi connectivity index (χ0n) is 6.00. The highest BCUT2D eigenvalue weighted by Gasteiger charge is 1.99. The van der Waals surface area contributed by atoms with Gasteiger partial charge in [0.15, 0.2) is 0 Å². The Hall–Kier alpha value is -0.830. The average Bonchev–Trinajstić information content (AvgIpc) is 2.37. The second kappa shape index (κ2) is 3.37. The molecule has 0 amide bonds. The molecule has 0 aliphatic carbocycles. The Bertz CT molecular complexity index is 195. The van der Waals surface area contributed by atoms with E-state index in [1.807, 2.05) is 0 Å². The van der Waals surface area contributed by atoms with Gasteiger partial charge in [-0.1, -0.05) is 12.1 Å². The van der Waals surface area contributed by atoms with Gasteiger partial charge in [0.25, 0.3) is 0 Å². The number of hydrogen-bond acceptors (Lipinski definition) is 3. The van der Waals surface area contributed by atoms with Gasteiger partial charge in [0.1, 0.15) is 11.5 Å². The van der Waals surface area contributed by atoms with Gasteiger partial charge in [0, 0.05) is 12.5 Å². The summed E-state index contributed by atoms with van der Waals surface area (Å²) in [5, 5.41) is 12.2. The molecule has 0 saturated carbocycles. The molecule has 0 fully saturated rings. The molecule has 0 atom stereocenters. The Balaban J connectivity index is 2.59. The summed E-state index contributed by atoms with van der Waals surface area (Å²) in [7, 11) is 0. The van der Waals surface area contributed by atoms with Crippen molar-refractivity contribution < 1.29 is 9.63 Å². The van der Waals surface area contributed by atoms with Crippen molar-refractivity contribution in [3.8, 4) is 0 Å². The average molecular weight is 141 g/mol. The number of nitrogens with zero attached hydrogens (tertiary/aromatic N) is 1. The van der Waals surface area contributed by atoms with Gasteiger partial charge >= 0.3 is 0 Å². The van der Waals surface area contributed by atoms with Gasteiger partial charge in [-0.05, 0) is 6.42 Å². The largest absolute Gasteiger partial charge is 0.390 e. The molecule has 3 nitrogen and oxygen atoms in total. The quantitative estimate of drug-likeness (QED) is 0.686. The zero-order valence-corrected chi connectivity index (χ0v) is 6.00. The molecule has 0 saturated heterocycles. The fraction of sp³-hybridized carbons (Fsp3) is 0.571. The minimum Gasteiger partial charge on any atom is -0.390 e. The van der Waals surface area contributed by atoms with Crippen LogP contribution in [0.3, 0.4) is 0 Å². The van der Waals surface area contributed by atoms with E-state index in [0.717, 1.165) is 18.6 Å². The SMILES string of the molecule is CCCc1cc(CO)no1. The molecule has 10 heavy (non-hydrogen) atoms. The van der Waals surface area contributed by atoms with Crippen LogP contribution in [0.4, 0.5) is 0 Å². The normalized spacial score (nSPS) is 10.2. The highest BCUT2D eigenvalue weighted by atomic mass is 16.5. The predicted octanol–water partition coefficient (Wildman–Crippen LogP) is 1.12. The first kappa shape index (κ1) is 7.28. The van der Waals surface area contributed by atoms with E-state index in [1.165, 1.54) is 0 Å². The Morgan fingerprint density at radius 2 is 2.50 bits per heavy atom. The molecule has 1 heterocycles. The fourth-order valence-electron chi connectivity index (χ4n) is 0.795. The van der Waals surface area contributed by atoms with E-state index in [9.17, 15) is 0 Å². The first-order chi connectivity index (χ1) is 4.86. The van der Waals surface area contributed by atoms with Crippen molar-refractivity contribution in [2.24, 2.45) is 0 Å². The molecule has 0 aliphatic heterocycles. The van der Waals surface area contributed by atoms with E-state index < -0.39 is 0 Å². The molecule has 1 N–H and O–H groups in total. The van der Waals surface area contributed by atoms with E-state index in [1.54, 1.807) is 6.07 Å². The molecule has 0 aliphatic rings. The van der Waals surface area contributed by atoms with Crippen LogP contribution in [0, 0.1) is 0 Å². The Morgan fingerprint density at radius 1 is 1.70 bits per heavy atom. The van der Waals surface area contributed by atoms with Crippen LogP contribution >= 0.6 is 0 Å². The second-order valence-corrected chi connectivity index (χ2v) is 2.19. The number of aliphatic hydroxyl groups excluding tert-OH is 1. The van der Waals surface area contributed by atoms with E-state index in [2.05, 4.69) is 12.1 Å². The van der Waals surface area contributed by atoms with Crippen molar-refractivity contribution in [2.45, 2.75) is 26.4 Å². The highest BCUT2D eigenvalue weighted by molar-refractivity contribution is 5.03. The van der Waals surface area contributed by atoms with Crippen LogP contribution < -0.4 is 0 Å². The monoisotopic (exact) mass is 141 g/mol. The summed E-state index contributed by atoms with van der Waals surface area (Å²) in [6.45, 7) is 2.04. The first-order valence-corrected chi connectivity index (χ1v) is 3.42. The van der Waals surface area contributed by atoms with Crippen molar-refractivity contribution in [2.75, 3.05) is 0 Å². The number of hydrogen-bond donors (Lipinski definition) is 1. The second-order valence-electron chi connectivity index (χ2n) is 2.19. The van der Waals surface area contributed by atoms with E-state index >= 15 is 0 Å². The maximum Gasteiger partial charge on any atom is 0.137 e. The topological polar surface area (TPSA) is 46.3 Å². The Labute approximate surface area is 59.7 Å². The molecule has 0 spiro atoms. The molecule has 3 heteroatoms. The zero-order chi connectivity index (χ0) is 7.40. The van der Waals surface area contributed by atoms with Gasteiger partial charge in [-0.25, -0.2) is 0 Å². The van der Waals surface area contributed by atoms with E-state index in [0.29, 0.717) is 5.69 Å². The third-order valence-electron chi connectivity index (χ3n) is 1.27. The molecule has 0 unspecified atom stereocenters. The lowest BCUT2D eigenvalue weighted by molar-refractivity contribution is 0.265. The molecule has 1 aromatic rings. The summed E-state index contributed by atoms with van der Waals surface area (Å²) in [5.74, 6) is 0.853. The van der Waals surface area contributed by atoms with Crippen LogP contribution in [0.25, 0.3) is 0 Å². The minimum atomic E-state index is -0.0345. The summed E-state index contributed by atoms with van der Waals surface area (Å²) in [6, 6.07) is 1.78. The maximum atomic E-state index is 8.60. The third kappa shape index (κ3) is 1.57. The minimum absolute atomic E-state index is 0.0345. The van der Waals surface area contributed by atoms with Crippen LogP contribution in [-0.2, 0) is 13.0 Å². The number of rotatable bonds is 3. The standard InChI is InChI=1S/C7H11NO2/c1-2-3-7-4-6(5-9)8-10-7/h4,9H,2-3,5H2,1H3. The van der Waals surface area contributed by atoms with Crippen molar-refractivity contribution >= 4 is 0 Å². The third-order valence-corrected chi connectivity index (χ3v) is 1.27. The number of aryl methyl sites for hydroxylation is 1. The van der Waals surface area contributed by atoms with Crippen molar-refractivity contribution in [1.82, 2.24) is 5.16 Å². The summed E-state index contributed by atoms with van der Waals surface area (Å²) in [4.78, 5) is 0. The molecular formula is C7H11NO2. The molecule has 1 aromatic heterocycles. The molecule has 1 rings (SSSR count). The number of aliphatic hydroxyl groups is 1. The summed E-state index contributed by atoms with van der Waals surface area (Å²) in [6.07, 6.45) is 1.94. The molecule has 0 aromatic carbocycles. The van der Waals surface area contributed by atoms with Crippen molar-refractivity contribution in [1.29, 1.82) is 0 Å². The fourth-order valence-corrected chi connectivity index (χ4v) is 0.795. The van der Waals surface area contributed by atoms with Gasteiger partial charge in [-0.2, -0.15) is 0 Å². The summed E-state index contributed by atoms with van der Waals surface area (Å²) < 4.78 is 4.89. The first-order valence-electron chi connectivity index (χ1n) is 3.42. The lowest BCUT2D eigenvalue weighted by Gasteiger charge is -1.83. The Morgan fingerprint density at radius 3 is 3.00 bits per heavy atom. The van der Waals surface area contributed by atoms with Crippen LogP contribution in [0.5, 0.6) is 0 Å². The summed E-state index contributed by atoms with van der Waals surface area (Å²) >= 11 is 0. The maximum absolute atomic E-state index is 8.60. The lowest BCUT2D eigenvalue weighted by Crippen LogP contribution is -1.79. The van der Waals surface area contributed by atoms with Crippen molar-refractivity contribution in [3.63, 3.8) is 0 Å². The molecule has 0 bridgehead atoms. The number of aromatic nitrogens is 1. The molecule has 56 valence electrons. The smallest absolute Gasteiger partial charge is 0.137 e. The molecule has 0 radical (unpaired) electrons. The van der Waals surface area contributed by atoms with E-state index in [-0.39, 0.29) is 6.61 Å². The summed E-state index contributed by atoms with van der Waals surface area (Å²) in [5.41, 5.74) is 0.614. The van der Waals surface area contributed by atoms with Gasteiger partial charge in [-0.3, -0.25) is 0 Å². The van der Waals surface area contributed by atoms with Crippen LogP contribution in [0.2, 0.25) is 0 Å². The van der Waals surface area contributed by atoms with Gasteiger partial charge in [0.05, 0.1) is 6.61 Å². The van der Waals surface area contributed by atoms with Crippen molar-refractivity contribution in [3.05, 3.63) is 17.5 Å².